The number of halogens is 1. The third-order valence-electron chi connectivity index (χ3n) is 2.58. The normalized spacial score (nSPS) is 10.0. The zero-order valence-corrected chi connectivity index (χ0v) is 10.2. The number of para-hydroxylation sites is 2. The van der Waals surface area contributed by atoms with Crippen LogP contribution in [0.2, 0.25) is 0 Å². The minimum absolute atomic E-state index is 0.375. The summed E-state index contributed by atoms with van der Waals surface area (Å²) >= 11 is 0. The maximum absolute atomic E-state index is 13.3. The first-order chi connectivity index (χ1) is 9.11. The second-order valence-electron chi connectivity index (χ2n) is 3.83. The average Bonchev–Trinajstić information content (AvgIpc) is 2.41. The summed E-state index contributed by atoms with van der Waals surface area (Å²) in [6, 6.07) is 11.0. The lowest BCUT2D eigenvalue weighted by Gasteiger charge is -2.11. The van der Waals surface area contributed by atoms with E-state index in [1.165, 1.54) is 19.2 Å². The molecular weight excluding hydrogens is 249 g/mol. The molecule has 0 saturated carbocycles. The van der Waals surface area contributed by atoms with Crippen molar-refractivity contribution in [2.24, 2.45) is 0 Å². The molecule has 19 heavy (non-hydrogen) atoms. The van der Waals surface area contributed by atoms with Gasteiger partial charge in [0.1, 0.15) is 11.6 Å². The molecule has 0 atom stereocenters. The van der Waals surface area contributed by atoms with Crippen molar-refractivity contribution < 1.29 is 19.0 Å². The summed E-state index contributed by atoms with van der Waals surface area (Å²) in [5, 5.41) is 11.9. The molecule has 5 heteroatoms. The number of carboxylic acids is 1. The third-order valence-corrected chi connectivity index (χ3v) is 2.58. The Morgan fingerprint density at radius 3 is 2.68 bits per heavy atom. The van der Waals surface area contributed by atoms with Gasteiger partial charge in [0.25, 0.3) is 0 Å². The van der Waals surface area contributed by atoms with Crippen LogP contribution in [0.25, 0.3) is 0 Å². The van der Waals surface area contributed by atoms with Gasteiger partial charge in [0.2, 0.25) is 0 Å². The highest BCUT2D eigenvalue weighted by atomic mass is 19.1. The van der Waals surface area contributed by atoms with E-state index in [4.69, 9.17) is 9.84 Å². The van der Waals surface area contributed by atoms with E-state index < -0.39 is 11.8 Å². The molecule has 2 N–H and O–H groups in total. The fourth-order valence-electron chi connectivity index (χ4n) is 1.67. The molecular formula is C14H12FNO3. The van der Waals surface area contributed by atoms with Crippen molar-refractivity contribution in [2.45, 2.75) is 0 Å². The van der Waals surface area contributed by atoms with E-state index in [0.29, 0.717) is 17.1 Å². The highest BCUT2D eigenvalue weighted by Crippen LogP contribution is 2.27. The van der Waals surface area contributed by atoms with E-state index in [1.54, 1.807) is 12.1 Å². The second-order valence-corrected chi connectivity index (χ2v) is 3.83. The molecule has 0 radical (unpaired) electrons. The molecule has 0 unspecified atom stereocenters. The maximum atomic E-state index is 13.3. The number of aromatic carboxylic acids is 1. The van der Waals surface area contributed by atoms with Gasteiger partial charge in [-0.2, -0.15) is 0 Å². The lowest BCUT2D eigenvalue weighted by Crippen LogP contribution is -2.02. The first kappa shape index (κ1) is 12.9. The van der Waals surface area contributed by atoms with Crippen LogP contribution in [-0.2, 0) is 0 Å². The summed E-state index contributed by atoms with van der Waals surface area (Å²) in [6.07, 6.45) is 0. The van der Waals surface area contributed by atoms with Crippen LogP contribution in [0, 0.1) is 5.82 Å². The Bertz CT molecular complexity index is 613. The van der Waals surface area contributed by atoms with Crippen molar-refractivity contribution in [2.75, 3.05) is 12.4 Å². The second kappa shape index (κ2) is 5.39. The third kappa shape index (κ3) is 2.82. The number of benzene rings is 2. The zero-order chi connectivity index (χ0) is 13.8. The van der Waals surface area contributed by atoms with Gasteiger partial charge in [0, 0.05) is 5.69 Å². The van der Waals surface area contributed by atoms with Crippen LogP contribution >= 0.6 is 0 Å². The van der Waals surface area contributed by atoms with Crippen molar-refractivity contribution in [3.63, 3.8) is 0 Å². The summed E-state index contributed by atoms with van der Waals surface area (Å²) in [4.78, 5) is 10.9. The van der Waals surface area contributed by atoms with Crippen molar-refractivity contribution in [3.8, 4) is 5.75 Å². The summed E-state index contributed by atoms with van der Waals surface area (Å²) in [5.74, 6) is -1.46. The maximum Gasteiger partial charge on any atom is 0.338 e. The zero-order valence-electron chi connectivity index (χ0n) is 10.2. The lowest BCUT2D eigenvalue weighted by molar-refractivity contribution is 0.0692. The summed E-state index contributed by atoms with van der Waals surface area (Å²) < 4.78 is 18.4. The highest BCUT2D eigenvalue weighted by molar-refractivity contribution is 5.89. The molecule has 4 nitrogen and oxygen atoms in total. The van der Waals surface area contributed by atoms with Crippen molar-refractivity contribution in [3.05, 3.63) is 53.8 Å². The molecule has 98 valence electrons. The van der Waals surface area contributed by atoms with Crippen LogP contribution in [0.3, 0.4) is 0 Å². The van der Waals surface area contributed by atoms with Crippen LogP contribution in [0.4, 0.5) is 15.8 Å². The Morgan fingerprint density at radius 1 is 1.26 bits per heavy atom. The number of methoxy groups -OCH3 is 1. The lowest BCUT2D eigenvalue weighted by atomic mass is 10.2. The van der Waals surface area contributed by atoms with Crippen LogP contribution in [0.5, 0.6) is 5.75 Å². The monoisotopic (exact) mass is 261 g/mol. The first-order valence-corrected chi connectivity index (χ1v) is 5.54. The van der Waals surface area contributed by atoms with Gasteiger partial charge in [0.15, 0.2) is 0 Å². The smallest absolute Gasteiger partial charge is 0.338 e. The first-order valence-electron chi connectivity index (χ1n) is 5.54. The number of ether oxygens (including phenoxy) is 1. The number of nitrogens with one attached hydrogen (secondary N) is 1. The van der Waals surface area contributed by atoms with Crippen LogP contribution < -0.4 is 10.1 Å². The van der Waals surface area contributed by atoms with Gasteiger partial charge in [-0.15, -0.1) is 0 Å². The Hall–Kier alpha value is -2.56. The standard InChI is InChI=1S/C14H12FNO3/c1-19-13-5-3-2-4-12(13)16-9-6-7-11(15)10(8-9)14(17)18/h2-8,16H,1H3,(H,17,18). The van der Waals surface area contributed by atoms with Gasteiger partial charge < -0.3 is 15.2 Å². The fraction of sp³-hybridized carbons (Fsp3) is 0.0714. The van der Waals surface area contributed by atoms with Crippen molar-refractivity contribution in [1.82, 2.24) is 0 Å². The number of carbonyl (C=O) groups is 1. The summed E-state index contributed by atoms with van der Waals surface area (Å²) in [7, 11) is 1.54. The largest absolute Gasteiger partial charge is 0.495 e. The van der Waals surface area contributed by atoms with E-state index in [1.807, 2.05) is 12.1 Å². The van der Waals surface area contributed by atoms with E-state index in [0.717, 1.165) is 6.07 Å². The summed E-state index contributed by atoms with van der Waals surface area (Å²) in [5.41, 5.74) is 0.774. The minimum atomic E-state index is -1.30. The number of hydrogen-bond donors (Lipinski definition) is 2. The van der Waals surface area contributed by atoms with E-state index in [2.05, 4.69) is 5.32 Å². The predicted molar refractivity (Wildman–Crippen MR) is 69.6 cm³/mol. The number of hydrogen-bond acceptors (Lipinski definition) is 3. The molecule has 0 fully saturated rings. The molecule has 2 aromatic carbocycles. The minimum Gasteiger partial charge on any atom is -0.495 e. The number of carboxylic acid groups (broad SMARTS) is 1. The molecule has 0 aliphatic heterocycles. The molecule has 0 aliphatic carbocycles. The van der Waals surface area contributed by atoms with Crippen LogP contribution in [0.1, 0.15) is 10.4 Å². The molecule has 2 aromatic rings. The Balaban J connectivity index is 2.33. The molecule has 0 aliphatic rings. The van der Waals surface area contributed by atoms with Crippen LogP contribution in [-0.4, -0.2) is 18.2 Å². The van der Waals surface area contributed by atoms with Gasteiger partial charge >= 0.3 is 5.97 Å². The van der Waals surface area contributed by atoms with E-state index >= 15 is 0 Å². The summed E-state index contributed by atoms with van der Waals surface area (Å²) in [6.45, 7) is 0. The Kier molecular flexibility index (Phi) is 3.66. The highest BCUT2D eigenvalue weighted by Gasteiger charge is 2.11. The Labute approximate surface area is 109 Å². The molecule has 0 spiro atoms. The van der Waals surface area contributed by atoms with Gasteiger partial charge in [-0.25, -0.2) is 9.18 Å². The average molecular weight is 261 g/mol. The van der Waals surface area contributed by atoms with Gasteiger partial charge in [-0.3, -0.25) is 0 Å². The molecule has 2 rings (SSSR count). The van der Waals surface area contributed by atoms with Gasteiger partial charge in [-0.1, -0.05) is 12.1 Å². The SMILES string of the molecule is COc1ccccc1Nc1ccc(F)c(C(=O)O)c1. The molecule has 0 amide bonds. The van der Waals surface area contributed by atoms with E-state index in [9.17, 15) is 9.18 Å². The molecule has 0 heterocycles. The number of anilines is 2. The quantitative estimate of drug-likeness (QED) is 0.886. The molecule has 0 saturated heterocycles. The Morgan fingerprint density at radius 2 is 2.00 bits per heavy atom. The molecule has 0 bridgehead atoms. The topological polar surface area (TPSA) is 58.6 Å². The van der Waals surface area contributed by atoms with Crippen molar-refractivity contribution >= 4 is 17.3 Å². The number of rotatable bonds is 4. The predicted octanol–water partition coefficient (Wildman–Crippen LogP) is 3.28. The van der Waals surface area contributed by atoms with Gasteiger partial charge in [-0.05, 0) is 30.3 Å². The fourth-order valence-corrected chi connectivity index (χ4v) is 1.67. The van der Waals surface area contributed by atoms with Crippen molar-refractivity contribution in [1.29, 1.82) is 0 Å². The van der Waals surface area contributed by atoms with Gasteiger partial charge in [0.05, 0.1) is 18.4 Å². The van der Waals surface area contributed by atoms with Crippen LogP contribution in [0.15, 0.2) is 42.5 Å². The van der Waals surface area contributed by atoms with E-state index in [-0.39, 0.29) is 5.56 Å². The molecule has 0 aromatic heterocycles.